The van der Waals surface area contributed by atoms with E-state index in [1.54, 1.807) is 28.8 Å². The summed E-state index contributed by atoms with van der Waals surface area (Å²) in [6, 6.07) is 12.5. The molecule has 3 rings (SSSR count). The molecule has 140 valence electrons. The molecule has 27 heavy (non-hydrogen) atoms. The van der Waals surface area contributed by atoms with Crippen LogP contribution >= 0.6 is 27.3 Å². The summed E-state index contributed by atoms with van der Waals surface area (Å²) in [5.41, 5.74) is 1.26. The minimum atomic E-state index is -0.416. The van der Waals surface area contributed by atoms with Crippen molar-refractivity contribution in [2.24, 2.45) is 4.99 Å². The van der Waals surface area contributed by atoms with Gasteiger partial charge in [-0.1, -0.05) is 27.3 Å². The van der Waals surface area contributed by atoms with Gasteiger partial charge in [-0.2, -0.15) is 4.99 Å². The molecule has 1 amide bonds. The van der Waals surface area contributed by atoms with Gasteiger partial charge in [0.2, 0.25) is 0 Å². The van der Waals surface area contributed by atoms with Crippen molar-refractivity contribution >= 4 is 49.4 Å². The molecule has 0 saturated carbocycles. The van der Waals surface area contributed by atoms with Crippen molar-refractivity contribution in [1.29, 1.82) is 0 Å². The standard InChI is InChI=1S/C19H17BrN2O4S/c1-3-26-14-8-9-15-16(10-14)27-19(22(15)11-17(23)25-2)21-18(24)12-4-6-13(20)7-5-12/h4-10H,3,11H2,1-2H3. The van der Waals surface area contributed by atoms with E-state index in [1.165, 1.54) is 18.4 Å². The molecule has 1 heterocycles. The fourth-order valence-corrected chi connectivity index (χ4v) is 3.81. The zero-order valence-electron chi connectivity index (χ0n) is 14.8. The molecular formula is C19H17BrN2O4S. The Morgan fingerprint density at radius 1 is 1.19 bits per heavy atom. The molecule has 0 aliphatic carbocycles. The Morgan fingerprint density at radius 3 is 2.59 bits per heavy atom. The maximum atomic E-state index is 12.5. The van der Waals surface area contributed by atoms with Gasteiger partial charge in [0.05, 0.1) is 23.9 Å². The largest absolute Gasteiger partial charge is 0.494 e. The number of thiazole rings is 1. The van der Waals surface area contributed by atoms with Crippen LogP contribution in [0.4, 0.5) is 0 Å². The third kappa shape index (κ3) is 4.45. The zero-order chi connectivity index (χ0) is 19.4. The van der Waals surface area contributed by atoms with E-state index in [0.29, 0.717) is 17.0 Å². The lowest BCUT2D eigenvalue weighted by Gasteiger charge is -2.05. The second kappa shape index (κ2) is 8.49. The van der Waals surface area contributed by atoms with Crippen molar-refractivity contribution in [1.82, 2.24) is 4.57 Å². The molecule has 2 aromatic carbocycles. The molecule has 8 heteroatoms. The van der Waals surface area contributed by atoms with Crippen LogP contribution in [0, 0.1) is 0 Å². The third-order valence-corrected chi connectivity index (χ3v) is 5.34. The average molecular weight is 449 g/mol. The average Bonchev–Trinajstić information content (AvgIpc) is 2.98. The highest BCUT2D eigenvalue weighted by atomic mass is 79.9. The van der Waals surface area contributed by atoms with E-state index in [2.05, 4.69) is 20.9 Å². The summed E-state index contributed by atoms with van der Waals surface area (Å²) in [6.07, 6.45) is 0. The number of fused-ring (bicyclic) bond motifs is 1. The molecule has 6 nitrogen and oxygen atoms in total. The number of carbonyl (C=O) groups is 2. The Hall–Kier alpha value is -2.45. The third-order valence-electron chi connectivity index (χ3n) is 3.77. The van der Waals surface area contributed by atoms with Gasteiger partial charge >= 0.3 is 5.97 Å². The second-order valence-corrected chi connectivity index (χ2v) is 7.46. The quantitative estimate of drug-likeness (QED) is 0.556. The van der Waals surface area contributed by atoms with E-state index in [0.717, 1.165) is 20.4 Å². The first-order valence-corrected chi connectivity index (χ1v) is 9.80. The van der Waals surface area contributed by atoms with Gasteiger partial charge < -0.3 is 14.0 Å². The number of hydrogen-bond acceptors (Lipinski definition) is 5. The fourth-order valence-electron chi connectivity index (χ4n) is 2.49. The summed E-state index contributed by atoms with van der Waals surface area (Å²) in [7, 11) is 1.33. The zero-order valence-corrected chi connectivity index (χ0v) is 17.2. The van der Waals surface area contributed by atoms with E-state index in [9.17, 15) is 9.59 Å². The van der Waals surface area contributed by atoms with Crippen LogP contribution in [0.3, 0.4) is 0 Å². The number of hydrogen-bond donors (Lipinski definition) is 0. The lowest BCUT2D eigenvalue weighted by Crippen LogP contribution is -2.22. The Balaban J connectivity index is 2.11. The van der Waals surface area contributed by atoms with Crippen molar-refractivity contribution in [2.75, 3.05) is 13.7 Å². The molecule has 0 N–H and O–H groups in total. The highest BCUT2D eigenvalue weighted by Crippen LogP contribution is 2.23. The van der Waals surface area contributed by atoms with Crippen LogP contribution in [0.25, 0.3) is 10.2 Å². The van der Waals surface area contributed by atoms with Crippen molar-refractivity contribution in [2.45, 2.75) is 13.5 Å². The van der Waals surface area contributed by atoms with Gasteiger partial charge in [0, 0.05) is 10.0 Å². The number of methoxy groups -OCH3 is 1. The van der Waals surface area contributed by atoms with Crippen LogP contribution in [-0.2, 0) is 16.1 Å². The number of nitrogens with zero attached hydrogens (tertiary/aromatic N) is 2. The van der Waals surface area contributed by atoms with Crippen LogP contribution < -0.4 is 9.54 Å². The summed E-state index contributed by atoms with van der Waals surface area (Å²) in [5.74, 6) is -0.0684. The van der Waals surface area contributed by atoms with Crippen LogP contribution in [-0.4, -0.2) is 30.2 Å². The van der Waals surface area contributed by atoms with E-state index < -0.39 is 5.97 Å². The Morgan fingerprint density at radius 2 is 1.93 bits per heavy atom. The number of halogens is 1. The van der Waals surface area contributed by atoms with Crippen molar-refractivity contribution < 1.29 is 19.1 Å². The van der Waals surface area contributed by atoms with Gasteiger partial charge in [0.15, 0.2) is 4.80 Å². The number of carbonyl (C=O) groups excluding carboxylic acids is 2. The first-order chi connectivity index (χ1) is 13.0. The number of rotatable bonds is 5. The molecule has 3 aromatic rings. The van der Waals surface area contributed by atoms with Crippen molar-refractivity contribution in [3.63, 3.8) is 0 Å². The molecule has 0 aliphatic heterocycles. The maximum absolute atomic E-state index is 12.5. The van der Waals surface area contributed by atoms with Crippen LogP contribution in [0.15, 0.2) is 51.9 Å². The Kier molecular flexibility index (Phi) is 6.08. The summed E-state index contributed by atoms with van der Waals surface area (Å²) in [6.45, 7) is 2.43. The second-order valence-electron chi connectivity index (χ2n) is 5.53. The lowest BCUT2D eigenvalue weighted by atomic mass is 10.2. The first-order valence-electron chi connectivity index (χ1n) is 8.19. The molecule has 0 bridgehead atoms. The fraction of sp³-hybridized carbons (Fsp3) is 0.211. The molecule has 0 radical (unpaired) electrons. The molecular weight excluding hydrogens is 432 g/mol. The number of ether oxygens (including phenoxy) is 2. The number of esters is 1. The van der Waals surface area contributed by atoms with Gasteiger partial charge in [-0.3, -0.25) is 9.59 Å². The van der Waals surface area contributed by atoms with Crippen molar-refractivity contribution in [3.05, 3.63) is 57.3 Å². The van der Waals surface area contributed by atoms with E-state index in [-0.39, 0.29) is 12.5 Å². The van der Waals surface area contributed by atoms with E-state index >= 15 is 0 Å². The number of aromatic nitrogens is 1. The van der Waals surface area contributed by atoms with Gasteiger partial charge in [-0.15, -0.1) is 0 Å². The maximum Gasteiger partial charge on any atom is 0.325 e. The van der Waals surface area contributed by atoms with Gasteiger partial charge in [0.1, 0.15) is 12.3 Å². The normalized spacial score (nSPS) is 11.6. The van der Waals surface area contributed by atoms with Gasteiger partial charge in [0.25, 0.3) is 5.91 Å². The predicted molar refractivity (Wildman–Crippen MR) is 107 cm³/mol. The highest BCUT2D eigenvalue weighted by Gasteiger charge is 2.13. The van der Waals surface area contributed by atoms with Crippen LogP contribution in [0.2, 0.25) is 0 Å². The molecule has 0 aliphatic rings. The predicted octanol–water partition coefficient (Wildman–Crippen LogP) is 3.78. The highest BCUT2D eigenvalue weighted by molar-refractivity contribution is 9.10. The lowest BCUT2D eigenvalue weighted by molar-refractivity contribution is -0.141. The summed E-state index contributed by atoms with van der Waals surface area (Å²) >= 11 is 4.66. The van der Waals surface area contributed by atoms with Crippen LogP contribution in [0.1, 0.15) is 17.3 Å². The summed E-state index contributed by atoms with van der Waals surface area (Å²) in [4.78, 5) is 29.1. The van der Waals surface area contributed by atoms with E-state index in [1.807, 2.05) is 25.1 Å². The van der Waals surface area contributed by atoms with E-state index in [4.69, 9.17) is 9.47 Å². The molecule has 0 atom stereocenters. The Labute approximate surface area is 168 Å². The summed E-state index contributed by atoms with van der Waals surface area (Å²) in [5, 5.41) is 0. The minimum absolute atomic E-state index is 0.0308. The molecule has 0 spiro atoms. The van der Waals surface area contributed by atoms with Gasteiger partial charge in [-0.25, -0.2) is 0 Å². The van der Waals surface area contributed by atoms with Crippen molar-refractivity contribution in [3.8, 4) is 5.75 Å². The number of benzene rings is 2. The Bertz CT molecular complexity index is 1050. The first kappa shape index (κ1) is 19.3. The topological polar surface area (TPSA) is 69.9 Å². The minimum Gasteiger partial charge on any atom is -0.494 e. The summed E-state index contributed by atoms with van der Waals surface area (Å²) < 4.78 is 13.7. The molecule has 0 saturated heterocycles. The van der Waals surface area contributed by atoms with Crippen LogP contribution in [0.5, 0.6) is 5.75 Å². The monoisotopic (exact) mass is 448 g/mol. The molecule has 0 fully saturated rings. The molecule has 0 unspecified atom stereocenters. The molecule has 1 aromatic heterocycles. The number of amides is 1. The smallest absolute Gasteiger partial charge is 0.325 e. The van der Waals surface area contributed by atoms with Gasteiger partial charge in [-0.05, 0) is 49.4 Å². The SMILES string of the molecule is CCOc1ccc2c(c1)sc(=NC(=O)c1ccc(Br)cc1)n2CC(=O)OC.